The van der Waals surface area contributed by atoms with Crippen molar-refractivity contribution in [3.63, 3.8) is 0 Å². The van der Waals surface area contributed by atoms with Crippen LogP contribution in [-0.4, -0.2) is 26.0 Å². The standard InChI is InChI=1S/C22H26N4/c1-4-10-26-15-18(19-7-5-6-8-21(19)26)14-25-11-9-20-17(13-25)12-23-22(24-20)16(2)3/h4-8,12,15-16H,1,9-11,13-14H2,2-3H3. The largest absolute Gasteiger partial charge is 0.343 e. The first kappa shape index (κ1) is 17.0. The molecule has 0 N–H and O–H groups in total. The summed E-state index contributed by atoms with van der Waals surface area (Å²) in [5.41, 5.74) is 5.17. The molecular weight excluding hydrogens is 320 g/mol. The van der Waals surface area contributed by atoms with E-state index in [-0.39, 0.29) is 0 Å². The van der Waals surface area contributed by atoms with E-state index in [9.17, 15) is 0 Å². The van der Waals surface area contributed by atoms with Crippen LogP contribution in [0.15, 0.2) is 49.3 Å². The summed E-state index contributed by atoms with van der Waals surface area (Å²) < 4.78 is 2.29. The predicted molar refractivity (Wildman–Crippen MR) is 106 cm³/mol. The summed E-state index contributed by atoms with van der Waals surface area (Å²) in [7, 11) is 0. The van der Waals surface area contributed by atoms with Crippen LogP contribution in [-0.2, 0) is 26.1 Å². The molecule has 0 fully saturated rings. The van der Waals surface area contributed by atoms with E-state index < -0.39 is 0 Å². The molecule has 0 spiro atoms. The first-order chi connectivity index (χ1) is 12.7. The number of benzene rings is 1. The van der Waals surface area contributed by atoms with Gasteiger partial charge in [-0.2, -0.15) is 0 Å². The second-order valence-electron chi connectivity index (χ2n) is 7.43. The first-order valence-corrected chi connectivity index (χ1v) is 9.40. The lowest BCUT2D eigenvalue weighted by molar-refractivity contribution is 0.243. The minimum absolute atomic E-state index is 0.384. The molecule has 1 aromatic carbocycles. The van der Waals surface area contributed by atoms with Gasteiger partial charge in [-0.15, -0.1) is 6.58 Å². The topological polar surface area (TPSA) is 34.0 Å². The number of hydrogen-bond donors (Lipinski definition) is 0. The average Bonchev–Trinajstić information content (AvgIpc) is 2.99. The van der Waals surface area contributed by atoms with Crippen LogP contribution in [0.2, 0.25) is 0 Å². The SMILES string of the molecule is C=CCn1cc(CN2CCc3nc(C(C)C)ncc3C2)c2ccccc21. The molecule has 0 aliphatic carbocycles. The minimum atomic E-state index is 0.384. The van der Waals surface area contributed by atoms with Gasteiger partial charge in [-0.3, -0.25) is 4.90 Å². The van der Waals surface area contributed by atoms with Gasteiger partial charge in [0.1, 0.15) is 5.82 Å². The number of aromatic nitrogens is 3. The molecule has 1 aliphatic heterocycles. The van der Waals surface area contributed by atoms with Crippen molar-refractivity contribution in [2.75, 3.05) is 6.54 Å². The summed E-state index contributed by atoms with van der Waals surface area (Å²) in [6.45, 7) is 12.0. The second kappa shape index (κ2) is 7.04. The minimum Gasteiger partial charge on any atom is -0.343 e. The molecule has 4 heteroatoms. The fourth-order valence-electron chi connectivity index (χ4n) is 3.78. The Morgan fingerprint density at radius 3 is 2.92 bits per heavy atom. The van der Waals surface area contributed by atoms with E-state index in [1.807, 2.05) is 12.3 Å². The fourth-order valence-corrected chi connectivity index (χ4v) is 3.78. The van der Waals surface area contributed by atoms with E-state index in [1.165, 1.54) is 27.7 Å². The summed E-state index contributed by atoms with van der Waals surface area (Å²) >= 11 is 0. The smallest absolute Gasteiger partial charge is 0.131 e. The van der Waals surface area contributed by atoms with Gasteiger partial charge < -0.3 is 4.57 Å². The third-order valence-electron chi connectivity index (χ3n) is 5.14. The molecule has 0 unspecified atom stereocenters. The van der Waals surface area contributed by atoms with Crippen LogP contribution in [0.4, 0.5) is 0 Å². The van der Waals surface area contributed by atoms with E-state index in [1.54, 1.807) is 0 Å². The molecule has 1 aliphatic rings. The van der Waals surface area contributed by atoms with Crippen LogP contribution >= 0.6 is 0 Å². The lowest BCUT2D eigenvalue weighted by Gasteiger charge is -2.28. The van der Waals surface area contributed by atoms with Crippen molar-refractivity contribution in [1.29, 1.82) is 0 Å². The Hall–Kier alpha value is -2.46. The van der Waals surface area contributed by atoms with Crippen molar-refractivity contribution in [3.05, 3.63) is 72.0 Å². The highest BCUT2D eigenvalue weighted by atomic mass is 15.1. The molecule has 0 saturated heterocycles. The Labute approximate surface area is 155 Å². The Balaban J connectivity index is 1.57. The maximum atomic E-state index is 4.78. The van der Waals surface area contributed by atoms with Crippen LogP contribution in [0.1, 0.15) is 42.4 Å². The maximum Gasteiger partial charge on any atom is 0.131 e. The van der Waals surface area contributed by atoms with Crippen molar-refractivity contribution in [2.45, 2.75) is 45.8 Å². The Kier molecular flexibility index (Phi) is 4.60. The highest BCUT2D eigenvalue weighted by molar-refractivity contribution is 5.84. The Morgan fingerprint density at radius 2 is 2.12 bits per heavy atom. The van der Waals surface area contributed by atoms with Crippen LogP contribution in [0, 0.1) is 0 Å². The summed E-state index contributed by atoms with van der Waals surface area (Å²) in [5.74, 6) is 1.35. The number of para-hydroxylation sites is 1. The first-order valence-electron chi connectivity index (χ1n) is 9.40. The van der Waals surface area contributed by atoms with Crippen molar-refractivity contribution >= 4 is 10.9 Å². The number of nitrogens with zero attached hydrogens (tertiary/aromatic N) is 4. The number of hydrogen-bond acceptors (Lipinski definition) is 3. The van der Waals surface area contributed by atoms with E-state index in [0.717, 1.165) is 38.4 Å². The van der Waals surface area contributed by atoms with E-state index >= 15 is 0 Å². The van der Waals surface area contributed by atoms with Gasteiger partial charge in [-0.1, -0.05) is 38.1 Å². The summed E-state index contributed by atoms with van der Waals surface area (Å²) in [4.78, 5) is 11.8. The van der Waals surface area contributed by atoms with E-state index in [2.05, 4.69) is 65.3 Å². The van der Waals surface area contributed by atoms with Crippen molar-refractivity contribution in [1.82, 2.24) is 19.4 Å². The Morgan fingerprint density at radius 1 is 1.27 bits per heavy atom. The van der Waals surface area contributed by atoms with E-state index in [4.69, 9.17) is 4.98 Å². The van der Waals surface area contributed by atoms with Crippen molar-refractivity contribution in [2.24, 2.45) is 0 Å². The molecule has 4 rings (SSSR count). The zero-order valence-electron chi connectivity index (χ0n) is 15.7. The Bertz CT molecular complexity index is 938. The van der Waals surface area contributed by atoms with Gasteiger partial charge in [-0.05, 0) is 11.6 Å². The van der Waals surface area contributed by atoms with Gasteiger partial charge >= 0.3 is 0 Å². The zero-order valence-corrected chi connectivity index (χ0v) is 15.7. The van der Waals surface area contributed by atoms with Gasteiger partial charge in [0.2, 0.25) is 0 Å². The average molecular weight is 346 g/mol. The maximum absolute atomic E-state index is 4.78. The van der Waals surface area contributed by atoms with Crippen LogP contribution in [0.25, 0.3) is 10.9 Å². The molecule has 0 atom stereocenters. The zero-order chi connectivity index (χ0) is 18.1. The van der Waals surface area contributed by atoms with Crippen LogP contribution < -0.4 is 0 Å². The molecule has 0 amide bonds. The van der Waals surface area contributed by atoms with Crippen molar-refractivity contribution in [3.8, 4) is 0 Å². The fraction of sp³-hybridized carbons (Fsp3) is 0.364. The van der Waals surface area contributed by atoms with Gasteiger partial charge in [0.25, 0.3) is 0 Å². The highest BCUT2D eigenvalue weighted by Crippen LogP contribution is 2.25. The summed E-state index contributed by atoms with van der Waals surface area (Å²) in [6, 6.07) is 8.64. The van der Waals surface area contributed by atoms with Crippen molar-refractivity contribution < 1.29 is 0 Å². The third-order valence-corrected chi connectivity index (χ3v) is 5.14. The van der Waals surface area contributed by atoms with E-state index in [0.29, 0.717) is 5.92 Å². The quantitative estimate of drug-likeness (QED) is 0.646. The molecule has 4 nitrogen and oxygen atoms in total. The normalized spacial score (nSPS) is 14.7. The molecule has 0 saturated carbocycles. The molecule has 26 heavy (non-hydrogen) atoms. The van der Waals surface area contributed by atoms with Gasteiger partial charge in [0.05, 0.1) is 0 Å². The number of fused-ring (bicyclic) bond motifs is 2. The monoisotopic (exact) mass is 346 g/mol. The molecule has 3 heterocycles. The van der Waals surface area contributed by atoms with Gasteiger partial charge in [0, 0.05) is 73.1 Å². The predicted octanol–water partition coefficient (Wildman–Crippen LogP) is 4.30. The lowest BCUT2D eigenvalue weighted by atomic mass is 10.1. The molecule has 2 aromatic heterocycles. The molecule has 0 bridgehead atoms. The second-order valence-corrected chi connectivity index (χ2v) is 7.43. The number of allylic oxidation sites excluding steroid dienone is 1. The van der Waals surface area contributed by atoms with Gasteiger partial charge in [-0.25, -0.2) is 9.97 Å². The lowest BCUT2D eigenvalue weighted by Crippen LogP contribution is -2.31. The summed E-state index contributed by atoms with van der Waals surface area (Å²) in [5, 5.41) is 1.34. The van der Waals surface area contributed by atoms with Crippen LogP contribution in [0.3, 0.4) is 0 Å². The summed E-state index contributed by atoms with van der Waals surface area (Å²) in [6.07, 6.45) is 7.27. The van der Waals surface area contributed by atoms with Crippen LogP contribution in [0.5, 0.6) is 0 Å². The highest BCUT2D eigenvalue weighted by Gasteiger charge is 2.20. The molecule has 3 aromatic rings. The molecule has 0 radical (unpaired) electrons. The third kappa shape index (κ3) is 3.17. The van der Waals surface area contributed by atoms with Gasteiger partial charge in [0.15, 0.2) is 0 Å². The molecular formula is C22H26N4. The number of rotatable bonds is 5. The molecule has 134 valence electrons.